The van der Waals surface area contributed by atoms with Crippen LogP contribution in [0.25, 0.3) is 0 Å². The monoisotopic (exact) mass is 742 g/mol. The lowest BCUT2D eigenvalue weighted by atomic mass is 10.1. The molecule has 5 rings (SSSR count). The van der Waals surface area contributed by atoms with Crippen LogP contribution in [0.15, 0.2) is 119 Å². The van der Waals surface area contributed by atoms with Crippen LogP contribution in [0.5, 0.6) is 11.5 Å². The summed E-state index contributed by atoms with van der Waals surface area (Å²) in [6.45, 7) is 7.29. The molecule has 52 heavy (non-hydrogen) atoms. The van der Waals surface area contributed by atoms with Crippen molar-refractivity contribution in [2.24, 2.45) is 0 Å². The van der Waals surface area contributed by atoms with E-state index in [0.29, 0.717) is 22.5 Å². The number of benzene rings is 5. The fraction of sp³-hybridized carbons (Fsp3) is 0.158. The first kappa shape index (κ1) is 37.4. The van der Waals surface area contributed by atoms with Crippen molar-refractivity contribution in [3.05, 3.63) is 143 Å². The van der Waals surface area contributed by atoms with E-state index in [0.717, 1.165) is 22.3 Å². The van der Waals surface area contributed by atoms with E-state index in [2.05, 4.69) is 21.3 Å². The van der Waals surface area contributed by atoms with E-state index in [1.165, 1.54) is 24.3 Å². The van der Waals surface area contributed by atoms with E-state index in [9.17, 15) is 26.4 Å². The zero-order valence-electron chi connectivity index (χ0n) is 28.9. The normalized spacial score (nSPS) is 11.3. The maximum Gasteiger partial charge on any atom is 0.339 e. The molecular formula is C38H38N4O8S2. The molecule has 0 aliphatic carbocycles. The first-order valence-electron chi connectivity index (χ1n) is 16.1. The number of urea groups is 2. The van der Waals surface area contributed by atoms with Crippen molar-refractivity contribution < 1.29 is 34.8 Å². The van der Waals surface area contributed by atoms with Gasteiger partial charge < -0.3 is 29.6 Å². The third-order valence-electron chi connectivity index (χ3n) is 7.72. The van der Waals surface area contributed by atoms with Crippen LogP contribution in [-0.4, -0.2) is 28.9 Å². The highest BCUT2D eigenvalue weighted by atomic mass is 32.2. The molecule has 0 spiro atoms. The maximum atomic E-state index is 12.9. The van der Waals surface area contributed by atoms with Gasteiger partial charge in [-0.3, -0.25) is 0 Å². The SMILES string of the molecule is Cc1ccc(C)c(S(=O)(=O)Oc2cccc(NC(=O)NCc3cccc(CNC(=O)Nc4cccc(OS(=O)(=O)c5cc(C)ccc5C)c4)c3)c2)c1. The van der Waals surface area contributed by atoms with Crippen LogP contribution in [-0.2, 0) is 33.3 Å². The quantitative estimate of drug-likeness (QED) is 0.0982. The van der Waals surface area contributed by atoms with Gasteiger partial charge in [0, 0.05) is 36.6 Å². The van der Waals surface area contributed by atoms with Crippen LogP contribution >= 0.6 is 0 Å². The predicted octanol–water partition coefficient (Wildman–Crippen LogP) is 7.10. The molecule has 0 aliphatic rings. The van der Waals surface area contributed by atoms with Crippen molar-refractivity contribution >= 4 is 43.7 Å². The molecule has 0 saturated heterocycles. The lowest BCUT2D eigenvalue weighted by molar-refractivity contribution is 0.251. The van der Waals surface area contributed by atoms with Crippen LogP contribution in [0.1, 0.15) is 33.4 Å². The number of aryl methyl sites for hydroxylation is 4. The molecule has 0 heterocycles. The number of amides is 4. The summed E-state index contributed by atoms with van der Waals surface area (Å²) >= 11 is 0. The predicted molar refractivity (Wildman–Crippen MR) is 199 cm³/mol. The molecule has 270 valence electrons. The number of carbonyl (C=O) groups excluding carboxylic acids is 2. The fourth-order valence-electron chi connectivity index (χ4n) is 5.11. The van der Waals surface area contributed by atoms with Gasteiger partial charge in [-0.15, -0.1) is 0 Å². The molecule has 4 amide bonds. The minimum atomic E-state index is -4.09. The Morgan fingerprint density at radius 1 is 0.519 bits per heavy atom. The minimum Gasteiger partial charge on any atom is -0.379 e. The van der Waals surface area contributed by atoms with E-state index in [1.807, 2.05) is 30.3 Å². The standard InChI is InChI=1S/C38H38N4O8S2/c1-25-14-16-27(3)35(18-25)51(45,46)49-33-12-6-10-31(21-33)41-37(43)39-23-29-8-5-9-30(20-29)24-40-38(44)42-32-11-7-13-34(22-32)50-52(47,48)36-19-26(2)15-17-28(36)4/h5-22H,23-24H2,1-4H3,(H2,39,41,43)(H2,40,42,44). The summed E-state index contributed by atoms with van der Waals surface area (Å²) in [5.41, 5.74) is 4.86. The Morgan fingerprint density at radius 3 is 1.35 bits per heavy atom. The van der Waals surface area contributed by atoms with E-state index in [4.69, 9.17) is 8.37 Å². The Labute approximate surface area is 303 Å². The first-order chi connectivity index (χ1) is 24.7. The summed E-state index contributed by atoms with van der Waals surface area (Å²) in [5, 5.41) is 10.9. The van der Waals surface area contributed by atoms with Crippen LogP contribution in [0.3, 0.4) is 0 Å². The Hall–Kier alpha value is -5.86. The topological polar surface area (TPSA) is 169 Å². The summed E-state index contributed by atoms with van der Waals surface area (Å²) in [5.74, 6) is 0.0928. The zero-order valence-corrected chi connectivity index (χ0v) is 30.5. The van der Waals surface area contributed by atoms with Gasteiger partial charge in [0.05, 0.1) is 0 Å². The third kappa shape index (κ3) is 10.1. The second-order valence-corrected chi connectivity index (χ2v) is 15.1. The summed E-state index contributed by atoms with van der Waals surface area (Å²) < 4.78 is 62.3. The first-order valence-corrected chi connectivity index (χ1v) is 18.9. The second-order valence-electron chi connectivity index (χ2n) is 12.1. The van der Waals surface area contributed by atoms with E-state index in [-0.39, 0.29) is 34.4 Å². The Balaban J connectivity index is 1.11. The van der Waals surface area contributed by atoms with Crippen molar-refractivity contribution in [3.63, 3.8) is 0 Å². The number of carbonyl (C=O) groups is 2. The summed E-state index contributed by atoms with van der Waals surface area (Å²) in [4.78, 5) is 25.5. The molecule has 0 unspecified atom stereocenters. The van der Waals surface area contributed by atoms with Crippen LogP contribution in [0.4, 0.5) is 21.0 Å². The van der Waals surface area contributed by atoms with Crippen molar-refractivity contribution in [3.8, 4) is 11.5 Å². The fourth-order valence-corrected chi connectivity index (χ4v) is 7.59. The smallest absolute Gasteiger partial charge is 0.339 e. The molecule has 4 N–H and O–H groups in total. The lowest BCUT2D eigenvalue weighted by Gasteiger charge is -2.13. The average Bonchev–Trinajstić information content (AvgIpc) is 3.08. The Morgan fingerprint density at radius 2 is 0.923 bits per heavy atom. The average molecular weight is 743 g/mol. The molecule has 0 aromatic heterocycles. The van der Waals surface area contributed by atoms with Crippen molar-refractivity contribution in [1.82, 2.24) is 10.6 Å². The number of hydrogen-bond acceptors (Lipinski definition) is 8. The molecule has 14 heteroatoms. The number of anilines is 2. The molecule has 5 aromatic rings. The largest absolute Gasteiger partial charge is 0.379 e. The third-order valence-corrected chi connectivity index (χ3v) is 10.5. The van der Waals surface area contributed by atoms with E-state index in [1.54, 1.807) is 82.3 Å². The Bertz CT molecular complexity index is 2190. The number of nitrogens with one attached hydrogen (secondary N) is 4. The van der Waals surface area contributed by atoms with Gasteiger partial charge in [0.25, 0.3) is 0 Å². The van der Waals surface area contributed by atoms with Crippen LogP contribution in [0, 0.1) is 27.7 Å². The van der Waals surface area contributed by atoms with Gasteiger partial charge in [-0.05, 0) is 97.5 Å². The molecule has 0 saturated carbocycles. The Kier molecular flexibility index (Phi) is 11.5. The summed E-state index contributed by atoms with van der Waals surface area (Å²) in [7, 11) is -8.18. The minimum absolute atomic E-state index is 0.0464. The van der Waals surface area contributed by atoms with Gasteiger partial charge in [0.15, 0.2) is 0 Å². The molecule has 0 bridgehead atoms. The van der Waals surface area contributed by atoms with Gasteiger partial charge in [0.2, 0.25) is 0 Å². The molecule has 0 radical (unpaired) electrons. The molecule has 0 aliphatic heterocycles. The van der Waals surface area contributed by atoms with E-state index < -0.39 is 32.3 Å². The maximum absolute atomic E-state index is 12.9. The summed E-state index contributed by atoms with van der Waals surface area (Å²) in [6.07, 6.45) is 0. The number of hydrogen-bond donors (Lipinski definition) is 4. The van der Waals surface area contributed by atoms with Gasteiger partial charge in [-0.1, -0.05) is 60.7 Å². The second kappa shape index (κ2) is 16.0. The van der Waals surface area contributed by atoms with Crippen molar-refractivity contribution in [2.75, 3.05) is 10.6 Å². The highest BCUT2D eigenvalue weighted by molar-refractivity contribution is 7.87. The zero-order chi connectivity index (χ0) is 37.5. The van der Waals surface area contributed by atoms with Gasteiger partial charge in [0.1, 0.15) is 21.3 Å². The van der Waals surface area contributed by atoms with Crippen LogP contribution in [0.2, 0.25) is 0 Å². The van der Waals surface area contributed by atoms with E-state index >= 15 is 0 Å². The number of rotatable bonds is 12. The van der Waals surface area contributed by atoms with Crippen molar-refractivity contribution in [1.29, 1.82) is 0 Å². The van der Waals surface area contributed by atoms with Gasteiger partial charge in [-0.2, -0.15) is 16.8 Å². The van der Waals surface area contributed by atoms with Crippen LogP contribution < -0.4 is 29.6 Å². The van der Waals surface area contributed by atoms with Crippen molar-refractivity contribution in [2.45, 2.75) is 50.6 Å². The van der Waals surface area contributed by atoms with Gasteiger partial charge in [-0.25, -0.2) is 9.59 Å². The highest BCUT2D eigenvalue weighted by Gasteiger charge is 2.21. The molecule has 0 fully saturated rings. The molecule has 0 atom stereocenters. The highest BCUT2D eigenvalue weighted by Crippen LogP contribution is 2.26. The lowest BCUT2D eigenvalue weighted by Crippen LogP contribution is -2.29. The molecular weight excluding hydrogens is 705 g/mol. The molecule has 5 aromatic carbocycles. The van der Waals surface area contributed by atoms with Gasteiger partial charge >= 0.3 is 32.3 Å². The summed E-state index contributed by atoms with van der Waals surface area (Å²) in [6, 6.07) is 28.5. The molecule has 12 nitrogen and oxygen atoms in total.